The molecule has 6 rings (SSSR count). The van der Waals surface area contributed by atoms with E-state index in [0.717, 1.165) is 39.6 Å². The van der Waals surface area contributed by atoms with E-state index in [1.54, 1.807) is 6.07 Å². The zero-order valence-electron chi connectivity index (χ0n) is 19.5. The Hall–Kier alpha value is -2.87. The van der Waals surface area contributed by atoms with Crippen molar-refractivity contribution in [1.82, 2.24) is 10.3 Å². The molecule has 0 unspecified atom stereocenters. The van der Waals surface area contributed by atoms with Crippen molar-refractivity contribution in [2.75, 3.05) is 23.8 Å². The van der Waals surface area contributed by atoms with Crippen LogP contribution in [0.25, 0.3) is 10.2 Å². The Bertz CT molecular complexity index is 1310. The number of nitrogens with two attached hydrogens (primary N) is 1. The van der Waals surface area contributed by atoms with E-state index in [1.165, 1.54) is 37.0 Å². The van der Waals surface area contributed by atoms with E-state index in [1.807, 2.05) is 26.0 Å². The summed E-state index contributed by atoms with van der Waals surface area (Å²) in [6, 6.07) is 5.80. The summed E-state index contributed by atoms with van der Waals surface area (Å²) < 4.78 is 21.2. The van der Waals surface area contributed by atoms with Gasteiger partial charge >= 0.3 is 0 Å². The Labute approximate surface area is 202 Å². The predicted octanol–water partition coefficient (Wildman–Crippen LogP) is 4.75. The van der Waals surface area contributed by atoms with Crippen molar-refractivity contribution < 1.29 is 13.9 Å². The molecule has 0 radical (unpaired) electrons. The van der Waals surface area contributed by atoms with Crippen molar-refractivity contribution in [3.05, 3.63) is 45.7 Å². The SMILES string of the molecule is Cc1cc(C)c2c(N)c(C(=O)N[C@H]3COc4cc(N5CC[C@@H]6CCC[C@@H]65)cc(F)c4C3)sc2n1. The Morgan fingerprint density at radius 3 is 2.97 bits per heavy atom. The average Bonchev–Trinajstić information content (AvgIpc) is 3.48. The maximum atomic E-state index is 15.2. The summed E-state index contributed by atoms with van der Waals surface area (Å²) in [5.41, 5.74) is 10.1. The lowest BCUT2D eigenvalue weighted by atomic mass is 10.0. The minimum atomic E-state index is -0.327. The molecule has 1 saturated heterocycles. The van der Waals surface area contributed by atoms with Gasteiger partial charge in [0, 0.05) is 47.4 Å². The van der Waals surface area contributed by atoms with E-state index < -0.39 is 0 Å². The lowest BCUT2D eigenvalue weighted by Gasteiger charge is -2.30. The summed E-state index contributed by atoms with van der Waals surface area (Å²) in [7, 11) is 0. The van der Waals surface area contributed by atoms with Crippen LogP contribution in [-0.2, 0) is 6.42 Å². The quantitative estimate of drug-likeness (QED) is 0.566. The molecular formula is C26H29FN4O2S. The number of carbonyl (C=O) groups is 1. The summed E-state index contributed by atoms with van der Waals surface area (Å²) in [5, 5.41) is 3.83. The Balaban J connectivity index is 1.21. The van der Waals surface area contributed by atoms with E-state index in [-0.39, 0.29) is 17.8 Å². The fraction of sp³-hybridized carbons (Fsp3) is 0.462. The van der Waals surface area contributed by atoms with Crippen molar-refractivity contribution in [2.24, 2.45) is 5.92 Å². The van der Waals surface area contributed by atoms with E-state index in [2.05, 4.69) is 15.2 Å². The van der Waals surface area contributed by atoms with E-state index in [9.17, 15) is 4.79 Å². The first-order chi connectivity index (χ1) is 16.4. The molecule has 1 aliphatic carbocycles. The highest BCUT2D eigenvalue weighted by atomic mass is 32.1. The number of benzene rings is 1. The van der Waals surface area contributed by atoms with Gasteiger partial charge in [0.25, 0.3) is 5.91 Å². The van der Waals surface area contributed by atoms with Gasteiger partial charge in [-0.2, -0.15) is 0 Å². The monoisotopic (exact) mass is 480 g/mol. The number of aryl methyl sites for hydroxylation is 2. The number of thiophene rings is 1. The van der Waals surface area contributed by atoms with Gasteiger partial charge in [-0.3, -0.25) is 4.79 Å². The number of amides is 1. The number of hydrogen-bond donors (Lipinski definition) is 2. The molecule has 0 spiro atoms. The first kappa shape index (κ1) is 21.6. The topological polar surface area (TPSA) is 80.5 Å². The summed E-state index contributed by atoms with van der Waals surface area (Å²) in [4.78, 5) is 21.2. The molecule has 3 N–H and O–H groups in total. The van der Waals surface area contributed by atoms with Gasteiger partial charge in [-0.25, -0.2) is 9.37 Å². The average molecular weight is 481 g/mol. The molecule has 3 aliphatic rings. The van der Waals surface area contributed by atoms with E-state index >= 15 is 4.39 Å². The van der Waals surface area contributed by atoms with Crippen LogP contribution >= 0.6 is 11.3 Å². The molecule has 2 fully saturated rings. The number of nitrogens with zero attached hydrogens (tertiary/aromatic N) is 2. The number of fused-ring (bicyclic) bond motifs is 3. The number of anilines is 2. The fourth-order valence-corrected chi connectivity index (χ4v) is 7.24. The smallest absolute Gasteiger partial charge is 0.263 e. The molecule has 2 aromatic heterocycles. The zero-order chi connectivity index (χ0) is 23.6. The molecule has 34 heavy (non-hydrogen) atoms. The van der Waals surface area contributed by atoms with Crippen LogP contribution in [-0.4, -0.2) is 36.1 Å². The summed E-state index contributed by atoms with van der Waals surface area (Å²) in [6.07, 6.45) is 5.31. The summed E-state index contributed by atoms with van der Waals surface area (Å²) in [6.45, 7) is 5.18. The second-order valence-corrected chi connectivity index (χ2v) is 10.9. The van der Waals surface area contributed by atoms with Crippen molar-refractivity contribution in [2.45, 2.75) is 58.0 Å². The van der Waals surface area contributed by atoms with E-state index in [0.29, 0.717) is 40.9 Å². The van der Waals surface area contributed by atoms with E-state index in [4.69, 9.17) is 10.5 Å². The van der Waals surface area contributed by atoms with Gasteiger partial charge < -0.3 is 20.7 Å². The molecule has 1 amide bonds. The molecule has 1 saturated carbocycles. The van der Waals surface area contributed by atoms with Crippen molar-refractivity contribution in [3.8, 4) is 5.75 Å². The standard InChI is InChI=1S/C26H29FN4O2S/c1-13-8-14(2)29-26-22(13)23(28)24(34-26)25(32)30-16-9-18-19(27)10-17(11-21(18)33-12-16)31-7-6-15-4-3-5-20(15)31/h8,10-11,15-16,20H,3-7,9,12,28H2,1-2H3,(H,30,32)/t15-,16+,20-/m0/s1. The number of ether oxygens (including phenoxy) is 1. The van der Waals surface area contributed by atoms with Crippen LogP contribution in [0.3, 0.4) is 0 Å². The number of nitrogen functional groups attached to an aromatic ring is 1. The van der Waals surface area contributed by atoms with Gasteiger partial charge in [-0.15, -0.1) is 11.3 Å². The van der Waals surface area contributed by atoms with Crippen molar-refractivity contribution in [3.63, 3.8) is 0 Å². The van der Waals surface area contributed by atoms with Crippen LogP contribution in [0.2, 0.25) is 0 Å². The third kappa shape index (κ3) is 3.50. The number of rotatable bonds is 3. The molecule has 3 aromatic rings. The Morgan fingerprint density at radius 2 is 2.12 bits per heavy atom. The molecule has 1 aromatic carbocycles. The third-order valence-electron chi connectivity index (χ3n) is 7.69. The van der Waals surface area contributed by atoms with Gasteiger partial charge in [-0.1, -0.05) is 6.42 Å². The molecule has 6 nitrogen and oxygen atoms in total. The fourth-order valence-electron chi connectivity index (χ4n) is 6.12. The number of pyridine rings is 1. The maximum absolute atomic E-state index is 15.2. The number of aromatic nitrogens is 1. The van der Waals surface area contributed by atoms with Crippen LogP contribution in [0.15, 0.2) is 18.2 Å². The molecule has 0 bridgehead atoms. The number of carbonyl (C=O) groups excluding carboxylic acids is 1. The normalized spacial score (nSPS) is 23.6. The molecule has 3 atom stereocenters. The van der Waals surface area contributed by atoms with Crippen LogP contribution in [0.4, 0.5) is 15.8 Å². The molecule has 8 heteroatoms. The molecular weight excluding hydrogens is 451 g/mol. The molecule has 2 aliphatic heterocycles. The van der Waals surface area contributed by atoms with Gasteiger partial charge in [0.2, 0.25) is 0 Å². The summed E-state index contributed by atoms with van der Waals surface area (Å²) >= 11 is 1.29. The van der Waals surface area contributed by atoms with Crippen LogP contribution < -0.4 is 20.7 Å². The first-order valence-electron chi connectivity index (χ1n) is 12.1. The van der Waals surface area contributed by atoms with Crippen molar-refractivity contribution >= 4 is 38.8 Å². The second-order valence-electron chi connectivity index (χ2n) is 9.94. The zero-order valence-corrected chi connectivity index (χ0v) is 20.3. The Kier molecular flexibility index (Phi) is 5.17. The minimum absolute atomic E-state index is 0.260. The van der Waals surface area contributed by atoms with Crippen molar-refractivity contribution in [1.29, 1.82) is 0 Å². The number of halogens is 1. The highest BCUT2D eigenvalue weighted by molar-refractivity contribution is 7.21. The third-order valence-corrected chi connectivity index (χ3v) is 8.79. The minimum Gasteiger partial charge on any atom is -0.491 e. The van der Waals surface area contributed by atoms with Crippen LogP contribution in [0.5, 0.6) is 5.75 Å². The lowest BCUT2D eigenvalue weighted by Crippen LogP contribution is -2.43. The largest absolute Gasteiger partial charge is 0.491 e. The van der Waals surface area contributed by atoms with Gasteiger partial charge in [0.05, 0.1) is 11.7 Å². The lowest BCUT2D eigenvalue weighted by molar-refractivity contribution is 0.0919. The van der Waals surface area contributed by atoms with Gasteiger partial charge in [0.15, 0.2) is 0 Å². The predicted molar refractivity (Wildman–Crippen MR) is 133 cm³/mol. The molecule has 4 heterocycles. The maximum Gasteiger partial charge on any atom is 0.263 e. The highest BCUT2D eigenvalue weighted by Gasteiger charge is 2.38. The highest BCUT2D eigenvalue weighted by Crippen LogP contribution is 2.42. The Morgan fingerprint density at radius 1 is 1.26 bits per heavy atom. The second kappa shape index (κ2) is 8.12. The molecule has 178 valence electrons. The van der Waals surface area contributed by atoms with Crippen LogP contribution in [0, 0.1) is 25.6 Å². The summed E-state index contributed by atoms with van der Waals surface area (Å²) in [5.74, 6) is 0.808. The van der Waals surface area contributed by atoms with Gasteiger partial charge in [0.1, 0.15) is 27.9 Å². The first-order valence-corrected chi connectivity index (χ1v) is 12.9. The van der Waals surface area contributed by atoms with Gasteiger partial charge in [-0.05, 0) is 56.7 Å². The number of hydrogen-bond acceptors (Lipinski definition) is 6. The number of nitrogens with one attached hydrogen (secondary N) is 1. The van der Waals surface area contributed by atoms with Crippen LogP contribution in [0.1, 0.15) is 52.2 Å².